The molecule has 0 atom stereocenters. The van der Waals surface area contributed by atoms with Crippen molar-refractivity contribution in [1.82, 2.24) is 24.6 Å². The fourth-order valence-corrected chi connectivity index (χ4v) is 3.11. The number of fused-ring (bicyclic) bond motifs is 1. The second-order valence-corrected chi connectivity index (χ2v) is 6.44. The summed E-state index contributed by atoms with van der Waals surface area (Å²) in [6, 6.07) is 7.69. The van der Waals surface area contributed by atoms with Gasteiger partial charge in [0.05, 0.1) is 23.4 Å². The van der Waals surface area contributed by atoms with Crippen LogP contribution in [-0.4, -0.2) is 31.2 Å². The van der Waals surface area contributed by atoms with Crippen molar-refractivity contribution in [1.29, 1.82) is 0 Å². The van der Waals surface area contributed by atoms with E-state index in [4.69, 9.17) is 21.3 Å². The van der Waals surface area contributed by atoms with E-state index in [9.17, 15) is 0 Å². The number of hydrogen-bond donors (Lipinski definition) is 2. The van der Waals surface area contributed by atoms with Gasteiger partial charge in [0.25, 0.3) is 0 Å². The Kier molecular flexibility index (Phi) is 4.76. The van der Waals surface area contributed by atoms with Crippen molar-refractivity contribution < 1.29 is 4.74 Å². The van der Waals surface area contributed by atoms with Crippen LogP contribution in [0.15, 0.2) is 49.1 Å². The van der Waals surface area contributed by atoms with Crippen LogP contribution in [0.4, 0.5) is 5.95 Å². The highest BCUT2D eigenvalue weighted by molar-refractivity contribution is 5.98. The molecule has 0 radical (unpaired) electrons. The molecule has 0 aromatic carbocycles. The van der Waals surface area contributed by atoms with E-state index in [0.29, 0.717) is 24.4 Å². The fraction of sp³-hybridized carbons (Fsp3) is 0.200. The standard InChI is InChI=1S/C20H21N7O/c1-2-9-28-17-11-14(10-13-3-6-23-7-4-13)25-19-18(17)15(12-27(19)22)16-5-8-24-20(21)26-16/h3-8,11-12H,2,9-10,22H2,1H3,(H2,21,24,26). The Labute approximate surface area is 162 Å². The predicted octanol–water partition coefficient (Wildman–Crippen LogP) is 2.56. The van der Waals surface area contributed by atoms with Crippen molar-refractivity contribution in [2.45, 2.75) is 19.8 Å². The number of anilines is 1. The fourth-order valence-electron chi connectivity index (χ4n) is 3.11. The van der Waals surface area contributed by atoms with E-state index < -0.39 is 0 Å². The van der Waals surface area contributed by atoms with Crippen molar-refractivity contribution in [3.63, 3.8) is 0 Å². The number of rotatable bonds is 6. The van der Waals surface area contributed by atoms with Gasteiger partial charge >= 0.3 is 0 Å². The summed E-state index contributed by atoms with van der Waals surface area (Å²) in [5.74, 6) is 7.16. The maximum absolute atomic E-state index is 6.23. The van der Waals surface area contributed by atoms with Crippen LogP contribution in [0.2, 0.25) is 0 Å². The van der Waals surface area contributed by atoms with E-state index in [-0.39, 0.29) is 5.95 Å². The molecule has 0 saturated carbocycles. The highest BCUT2D eigenvalue weighted by Crippen LogP contribution is 2.36. The van der Waals surface area contributed by atoms with E-state index in [1.165, 1.54) is 4.68 Å². The van der Waals surface area contributed by atoms with Gasteiger partial charge < -0.3 is 16.3 Å². The van der Waals surface area contributed by atoms with Crippen LogP contribution in [0.3, 0.4) is 0 Å². The Morgan fingerprint density at radius 3 is 2.68 bits per heavy atom. The van der Waals surface area contributed by atoms with Crippen LogP contribution in [-0.2, 0) is 6.42 Å². The zero-order valence-corrected chi connectivity index (χ0v) is 15.5. The third kappa shape index (κ3) is 3.44. The molecule has 28 heavy (non-hydrogen) atoms. The molecule has 4 rings (SSSR count). The van der Waals surface area contributed by atoms with Crippen molar-refractivity contribution in [2.75, 3.05) is 18.2 Å². The highest BCUT2D eigenvalue weighted by atomic mass is 16.5. The molecule has 4 heterocycles. The molecule has 8 heteroatoms. The molecule has 4 aromatic heterocycles. The number of pyridine rings is 2. The van der Waals surface area contributed by atoms with Crippen molar-refractivity contribution in [2.24, 2.45) is 0 Å². The largest absolute Gasteiger partial charge is 0.493 e. The second kappa shape index (κ2) is 7.51. The number of nitrogen functional groups attached to an aromatic ring is 2. The molecule has 0 fully saturated rings. The zero-order chi connectivity index (χ0) is 19.5. The minimum absolute atomic E-state index is 0.203. The number of nitrogens with two attached hydrogens (primary N) is 2. The average molecular weight is 375 g/mol. The maximum Gasteiger partial charge on any atom is 0.220 e. The topological polar surface area (TPSA) is 118 Å². The molecule has 0 aliphatic heterocycles. The number of aromatic nitrogens is 5. The van der Waals surface area contributed by atoms with E-state index >= 15 is 0 Å². The predicted molar refractivity (Wildman–Crippen MR) is 108 cm³/mol. The van der Waals surface area contributed by atoms with Crippen LogP contribution >= 0.6 is 0 Å². The molecule has 0 bridgehead atoms. The third-order valence-corrected chi connectivity index (χ3v) is 4.35. The molecule has 0 saturated heterocycles. The molecule has 0 unspecified atom stereocenters. The lowest BCUT2D eigenvalue weighted by molar-refractivity contribution is 0.320. The summed E-state index contributed by atoms with van der Waals surface area (Å²) in [5, 5.41) is 0.813. The zero-order valence-electron chi connectivity index (χ0n) is 15.5. The Morgan fingerprint density at radius 1 is 1.11 bits per heavy atom. The summed E-state index contributed by atoms with van der Waals surface area (Å²) in [5.41, 5.74) is 9.85. The molecule has 8 nitrogen and oxygen atoms in total. The molecule has 0 amide bonds. The van der Waals surface area contributed by atoms with Crippen LogP contribution < -0.4 is 16.3 Å². The van der Waals surface area contributed by atoms with Gasteiger partial charge in [0.2, 0.25) is 5.95 Å². The number of ether oxygens (including phenoxy) is 1. The molecule has 0 aliphatic carbocycles. The van der Waals surface area contributed by atoms with Gasteiger partial charge in [0.1, 0.15) is 5.75 Å². The van der Waals surface area contributed by atoms with Crippen LogP contribution in [0.5, 0.6) is 5.75 Å². The number of hydrogen-bond acceptors (Lipinski definition) is 7. The van der Waals surface area contributed by atoms with E-state index in [1.54, 1.807) is 30.9 Å². The van der Waals surface area contributed by atoms with Gasteiger partial charge in [-0.3, -0.25) is 9.66 Å². The second-order valence-electron chi connectivity index (χ2n) is 6.44. The Morgan fingerprint density at radius 2 is 1.93 bits per heavy atom. The summed E-state index contributed by atoms with van der Waals surface area (Å²) in [7, 11) is 0. The van der Waals surface area contributed by atoms with E-state index in [0.717, 1.165) is 34.4 Å². The lowest BCUT2D eigenvalue weighted by atomic mass is 10.1. The SMILES string of the molecule is CCCOc1cc(Cc2ccncc2)nc2c1c(-c1ccnc(N)n1)cn2N. The smallest absolute Gasteiger partial charge is 0.220 e. The Hall–Kier alpha value is -3.68. The Balaban J connectivity index is 1.87. The third-order valence-electron chi connectivity index (χ3n) is 4.35. The molecular weight excluding hydrogens is 354 g/mol. The van der Waals surface area contributed by atoms with Gasteiger partial charge in [-0.1, -0.05) is 6.92 Å². The maximum atomic E-state index is 6.23. The summed E-state index contributed by atoms with van der Waals surface area (Å²) >= 11 is 0. The number of nitrogens with zero attached hydrogens (tertiary/aromatic N) is 5. The molecule has 4 N–H and O–H groups in total. The van der Waals surface area contributed by atoms with Crippen molar-refractivity contribution in [3.8, 4) is 17.0 Å². The first-order chi connectivity index (χ1) is 13.7. The summed E-state index contributed by atoms with van der Waals surface area (Å²) in [4.78, 5) is 17.1. The van der Waals surface area contributed by atoms with Crippen molar-refractivity contribution in [3.05, 3.63) is 60.3 Å². The quantitative estimate of drug-likeness (QED) is 0.497. The summed E-state index contributed by atoms with van der Waals surface area (Å²) < 4.78 is 7.55. The van der Waals surface area contributed by atoms with Gasteiger partial charge in [-0.25, -0.2) is 15.0 Å². The minimum Gasteiger partial charge on any atom is -0.493 e. The molecule has 0 aliphatic rings. The highest BCUT2D eigenvalue weighted by Gasteiger charge is 2.18. The molecule has 0 spiro atoms. The monoisotopic (exact) mass is 375 g/mol. The molecule has 142 valence electrons. The summed E-state index contributed by atoms with van der Waals surface area (Å²) in [6.07, 6.45) is 8.49. The van der Waals surface area contributed by atoms with Gasteiger partial charge in [0, 0.05) is 42.8 Å². The van der Waals surface area contributed by atoms with Crippen LogP contribution in [0.1, 0.15) is 24.6 Å². The van der Waals surface area contributed by atoms with E-state index in [1.807, 2.05) is 18.2 Å². The van der Waals surface area contributed by atoms with Crippen LogP contribution in [0, 0.1) is 0 Å². The first-order valence-electron chi connectivity index (χ1n) is 9.06. The van der Waals surface area contributed by atoms with E-state index in [2.05, 4.69) is 21.9 Å². The lowest BCUT2D eigenvalue weighted by Gasteiger charge is -2.11. The van der Waals surface area contributed by atoms with Gasteiger partial charge in [-0.05, 0) is 30.2 Å². The lowest BCUT2D eigenvalue weighted by Crippen LogP contribution is -2.08. The summed E-state index contributed by atoms with van der Waals surface area (Å²) in [6.45, 7) is 2.66. The first-order valence-corrected chi connectivity index (χ1v) is 9.06. The van der Waals surface area contributed by atoms with Gasteiger partial charge in [0.15, 0.2) is 5.65 Å². The normalized spacial score (nSPS) is 11.0. The minimum atomic E-state index is 0.203. The first kappa shape index (κ1) is 17.7. The van der Waals surface area contributed by atoms with Gasteiger partial charge in [-0.15, -0.1) is 0 Å². The van der Waals surface area contributed by atoms with Gasteiger partial charge in [-0.2, -0.15) is 0 Å². The van der Waals surface area contributed by atoms with Crippen LogP contribution in [0.25, 0.3) is 22.3 Å². The van der Waals surface area contributed by atoms with Crippen molar-refractivity contribution >= 4 is 17.0 Å². The molecular formula is C20H21N7O. The average Bonchev–Trinajstić information content (AvgIpc) is 3.04. The Bertz CT molecular complexity index is 1110. The molecule has 4 aromatic rings.